The molecule has 0 aromatic heterocycles. The molecule has 0 aliphatic carbocycles. The third-order valence-electron chi connectivity index (χ3n) is 3.04. The van der Waals surface area contributed by atoms with Crippen molar-refractivity contribution >= 4 is 27.7 Å². The second kappa shape index (κ2) is 7.43. The van der Waals surface area contributed by atoms with E-state index in [0.717, 1.165) is 10.0 Å². The molecule has 2 N–H and O–H groups in total. The first-order valence-electron chi connectivity index (χ1n) is 6.64. The number of benzene rings is 1. The molecule has 0 saturated carbocycles. The largest absolute Gasteiger partial charge is 0.348 e. The monoisotopic (exact) mass is 340 g/mol. The summed E-state index contributed by atoms with van der Waals surface area (Å²) in [4.78, 5) is 23.4. The summed E-state index contributed by atoms with van der Waals surface area (Å²) in [6, 6.07) is 7.10. The highest BCUT2D eigenvalue weighted by atomic mass is 79.9. The minimum atomic E-state index is -0.516. The Labute approximate surface area is 128 Å². The Balaban J connectivity index is 2.78. The van der Waals surface area contributed by atoms with Crippen LogP contribution >= 0.6 is 15.9 Å². The molecule has 1 aromatic rings. The Bertz CT molecular complexity index is 489. The summed E-state index contributed by atoms with van der Waals surface area (Å²) in [5, 5.41) is 5.63. The van der Waals surface area contributed by atoms with E-state index >= 15 is 0 Å². The van der Waals surface area contributed by atoms with Gasteiger partial charge in [-0.25, -0.2) is 0 Å². The minimum absolute atomic E-state index is 0.0327. The zero-order valence-electron chi connectivity index (χ0n) is 12.2. The van der Waals surface area contributed by atoms with Gasteiger partial charge in [0.15, 0.2) is 0 Å². The summed E-state index contributed by atoms with van der Waals surface area (Å²) in [6.45, 7) is 7.15. The fourth-order valence-corrected chi connectivity index (χ4v) is 2.59. The third kappa shape index (κ3) is 4.63. The molecule has 1 rings (SSSR count). The number of carbonyl (C=O) groups excluding carboxylic acids is 2. The molecule has 0 aliphatic heterocycles. The van der Waals surface area contributed by atoms with E-state index in [1.54, 1.807) is 0 Å². The highest BCUT2D eigenvalue weighted by molar-refractivity contribution is 9.10. The smallest absolute Gasteiger partial charge is 0.243 e. The van der Waals surface area contributed by atoms with Crippen LogP contribution in [0.5, 0.6) is 0 Å². The summed E-state index contributed by atoms with van der Waals surface area (Å²) in [5.74, 6) is -0.337. The highest BCUT2D eigenvalue weighted by Crippen LogP contribution is 2.22. The van der Waals surface area contributed by atoms with Crippen molar-refractivity contribution in [3.8, 4) is 0 Å². The van der Waals surface area contributed by atoms with Crippen LogP contribution in [0.25, 0.3) is 0 Å². The van der Waals surface area contributed by atoms with Gasteiger partial charge in [-0.1, -0.05) is 48.0 Å². The number of halogens is 1. The van der Waals surface area contributed by atoms with Gasteiger partial charge in [0.05, 0.1) is 6.04 Å². The van der Waals surface area contributed by atoms with Crippen molar-refractivity contribution < 1.29 is 9.59 Å². The summed E-state index contributed by atoms with van der Waals surface area (Å²) in [7, 11) is 0. The Hall–Kier alpha value is -1.36. The molecule has 0 aliphatic rings. The van der Waals surface area contributed by atoms with E-state index in [1.165, 1.54) is 6.92 Å². The lowest BCUT2D eigenvalue weighted by molar-refractivity contribution is -0.129. The zero-order valence-corrected chi connectivity index (χ0v) is 13.8. The van der Waals surface area contributed by atoms with Gasteiger partial charge in [0.1, 0.15) is 6.04 Å². The van der Waals surface area contributed by atoms with E-state index in [0.29, 0.717) is 0 Å². The summed E-state index contributed by atoms with van der Waals surface area (Å²) >= 11 is 3.47. The predicted molar refractivity (Wildman–Crippen MR) is 83.1 cm³/mol. The zero-order chi connectivity index (χ0) is 15.3. The van der Waals surface area contributed by atoms with Gasteiger partial charge in [0.2, 0.25) is 11.8 Å². The lowest BCUT2D eigenvalue weighted by Crippen LogP contribution is -2.49. The Morgan fingerprint density at radius 2 is 1.70 bits per heavy atom. The molecule has 0 saturated heterocycles. The molecular formula is C15H21BrN2O2. The van der Waals surface area contributed by atoms with Gasteiger partial charge in [0.25, 0.3) is 0 Å². The first-order chi connectivity index (χ1) is 9.32. The molecule has 1 aromatic carbocycles. The van der Waals surface area contributed by atoms with Crippen molar-refractivity contribution in [2.45, 2.75) is 39.8 Å². The Kier molecular flexibility index (Phi) is 6.20. The Morgan fingerprint density at radius 3 is 2.20 bits per heavy atom. The molecule has 2 unspecified atom stereocenters. The molecule has 110 valence electrons. The quantitative estimate of drug-likeness (QED) is 0.865. The standard InChI is InChI=1S/C15H21BrN2O2/c1-9(2)14(18-11(4)19)15(20)17-10(3)12-7-5-6-8-13(12)16/h5-10,14H,1-4H3,(H,17,20)(H,18,19). The third-order valence-corrected chi connectivity index (χ3v) is 3.76. The SMILES string of the molecule is CC(=O)NC(C(=O)NC(C)c1ccccc1Br)C(C)C. The van der Waals surface area contributed by atoms with Gasteiger partial charge >= 0.3 is 0 Å². The second-order valence-electron chi connectivity index (χ2n) is 5.17. The lowest BCUT2D eigenvalue weighted by atomic mass is 10.0. The average Bonchev–Trinajstić information content (AvgIpc) is 2.35. The summed E-state index contributed by atoms with van der Waals surface area (Å²) in [5.41, 5.74) is 1.01. The maximum absolute atomic E-state index is 12.3. The molecule has 0 radical (unpaired) electrons. The van der Waals surface area contributed by atoms with E-state index < -0.39 is 6.04 Å². The van der Waals surface area contributed by atoms with Crippen LogP contribution in [0.15, 0.2) is 28.7 Å². The van der Waals surface area contributed by atoms with Crippen LogP contribution in [0, 0.1) is 5.92 Å². The molecule has 5 heteroatoms. The van der Waals surface area contributed by atoms with Crippen molar-refractivity contribution in [2.75, 3.05) is 0 Å². The van der Waals surface area contributed by atoms with Gasteiger partial charge in [-0.15, -0.1) is 0 Å². The van der Waals surface area contributed by atoms with E-state index in [1.807, 2.05) is 45.0 Å². The molecular weight excluding hydrogens is 320 g/mol. The number of hydrogen-bond acceptors (Lipinski definition) is 2. The molecule has 0 bridgehead atoms. The minimum Gasteiger partial charge on any atom is -0.348 e. The molecule has 20 heavy (non-hydrogen) atoms. The van der Waals surface area contributed by atoms with Crippen LogP contribution < -0.4 is 10.6 Å². The van der Waals surface area contributed by atoms with Gasteiger partial charge in [-0.05, 0) is 24.5 Å². The van der Waals surface area contributed by atoms with Crippen LogP contribution in [0.4, 0.5) is 0 Å². The van der Waals surface area contributed by atoms with Crippen molar-refractivity contribution in [1.82, 2.24) is 10.6 Å². The number of hydrogen-bond donors (Lipinski definition) is 2. The number of carbonyl (C=O) groups is 2. The van der Waals surface area contributed by atoms with Crippen LogP contribution in [0.3, 0.4) is 0 Å². The number of nitrogens with one attached hydrogen (secondary N) is 2. The van der Waals surface area contributed by atoms with Gasteiger partial charge in [0, 0.05) is 11.4 Å². The van der Waals surface area contributed by atoms with Gasteiger partial charge in [-0.2, -0.15) is 0 Å². The molecule has 0 heterocycles. The molecule has 2 atom stereocenters. The topological polar surface area (TPSA) is 58.2 Å². The van der Waals surface area contributed by atoms with E-state index in [2.05, 4.69) is 26.6 Å². The van der Waals surface area contributed by atoms with Crippen LogP contribution in [0.1, 0.15) is 39.3 Å². The Morgan fingerprint density at radius 1 is 1.10 bits per heavy atom. The van der Waals surface area contributed by atoms with Crippen LogP contribution in [-0.2, 0) is 9.59 Å². The molecule has 0 fully saturated rings. The first kappa shape index (κ1) is 16.7. The highest BCUT2D eigenvalue weighted by Gasteiger charge is 2.24. The maximum Gasteiger partial charge on any atom is 0.243 e. The van der Waals surface area contributed by atoms with Gasteiger partial charge < -0.3 is 10.6 Å². The van der Waals surface area contributed by atoms with Crippen LogP contribution in [0.2, 0.25) is 0 Å². The fraction of sp³-hybridized carbons (Fsp3) is 0.467. The predicted octanol–water partition coefficient (Wildman–Crippen LogP) is 2.79. The van der Waals surface area contributed by atoms with E-state index in [9.17, 15) is 9.59 Å². The number of amides is 2. The first-order valence-corrected chi connectivity index (χ1v) is 7.44. The second-order valence-corrected chi connectivity index (χ2v) is 6.03. The average molecular weight is 341 g/mol. The van der Waals surface area contributed by atoms with Crippen molar-refractivity contribution in [2.24, 2.45) is 5.92 Å². The normalized spacial score (nSPS) is 13.7. The van der Waals surface area contributed by atoms with Crippen molar-refractivity contribution in [3.05, 3.63) is 34.3 Å². The molecule has 4 nitrogen and oxygen atoms in total. The summed E-state index contributed by atoms with van der Waals surface area (Å²) < 4.78 is 0.952. The van der Waals surface area contributed by atoms with Crippen molar-refractivity contribution in [3.63, 3.8) is 0 Å². The van der Waals surface area contributed by atoms with E-state index in [4.69, 9.17) is 0 Å². The fourth-order valence-electron chi connectivity index (χ4n) is 1.96. The van der Waals surface area contributed by atoms with E-state index in [-0.39, 0.29) is 23.8 Å². The molecule has 0 spiro atoms. The van der Waals surface area contributed by atoms with Gasteiger partial charge in [-0.3, -0.25) is 9.59 Å². The van der Waals surface area contributed by atoms with Crippen LogP contribution in [-0.4, -0.2) is 17.9 Å². The number of rotatable bonds is 5. The maximum atomic E-state index is 12.3. The lowest BCUT2D eigenvalue weighted by Gasteiger charge is -2.24. The summed E-state index contributed by atoms with van der Waals surface area (Å²) in [6.07, 6.45) is 0. The molecule has 2 amide bonds. The van der Waals surface area contributed by atoms with Crippen molar-refractivity contribution in [1.29, 1.82) is 0 Å².